The molecule has 4 aromatic rings. The molecule has 126 valence electrons. The lowest BCUT2D eigenvalue weighted by molar-refractivity contribution is 0.0934. The van der Waals surface area contributed by atoms with E-state index < -0.39 is 0 Å². The minimum absolute atomic E-state index is 0.178. The van der Waals surface area contributed by atoms with Crippen LogP contribution in [-0.2, 0) is 0 Å². The molecule has 0 aliphatic rings. The van der Waals surface area contributed by atoms with E-state index in [0.29, 0.717) is 5.69 Å². The number of hydrogen-bond acceptors (Lipinski definition) is 3. The molecule has 0 aliphatic heterocycles. The van der Waals surface area contributed by atoms with Gasteiger partial charge in [0.1, 0.15) is 17.3 Å². The Morgan fingerprint density at radius 3 is 2.76 bits per heavy atom. The lowest BCUT2D eigenvalue weighted by atomic mass is 10.2. The van der Waals surface area contributed by atoms with E-state index in [1.54, 1.807) is 7.11 Å². The zero-order valence-corrected chi connectivity index (χ0v) is 14.0. The third-order valence-electron chi connectivity index (χ3n) is 4.24. The normalized spacial score (nSPS) is 12.4. The van der Waals surface area contributed by atoms with E-state index >= 15 is 0 Å². The Morgan fingerprint density at radius 2 is 1.96 bits per heavy atom. The van der Waals surface area contributed by atoms with Gasteiger partial charge in [-0.25, -0.2) is 4.98 Å². The number of ether oxygens (including phenoxy) is 1. The number of benzene rings is 2. The van der Waals surface area contributed by atoms with Crippen LogP contribution in [0.2, 0.25) is 0 Å². The number of methoxy groups -OCH3 is 1. The van der Waals surface area contributed by atoms with Crippen molar-refractivity contribution in [3.63, 3.8) is 0 Å². The van der Waals surface area contributed by atoms with Crippen molar-refractivity contribution in [1.29, 1.82) is 0 Å². The fraction of sp³-hybridized carbons (Fsp3) is 0.158. The minimum atomic E-state index is -0.235. The van der Waals surface area contributed by atoms with Gasteiger partial charge in [0, 0.05) is 17.0 Å². The summed E-state index contributed by atoms with van der Waals surface area (Å²) in [4.78, 5) is 23.5. The van der Waals surface area contributed by atoms with Crippen LogP contribution < -0.4 is 10.1 Å². The lowest BCUT2D eigenvalue weighted by Crippen LogP contribution is -2.27. The molecule has 6 nitrogen and oxygen atoms in total. The number of carbonyl (C=O) groups is 1. The van der Waals surface area contributed by atoms with Gasteiger partial charge in [-0.1, -0.05) is 12.1 Å². The molecule has 0 spiro atoms. The molecule has 0 fully saturated rings. The first-order chi connectivity index (χ1) is 12.1. The molecule has 2 aromatic heterocycles. The van der Waals surface area contributed by atoms with E-state index in [2.05, 4.69) is 20.3 Å². The largest absolute Gasteiger partial charge is 0.497 e. The van der Waals surface area contributed by atoms with Gasteiger partial charge in [0.05, 0.1) is 24.2 Å². The van der Waals surface area contributed by atoms with Gasteiger partial charge in [-0.3, -0.25) is 4.79 Å². The van der Waals surface area contributed by atoms with Gasteiger partial charge in [0.2, 0.25) is 0 Å². The lowest BCUT2D eigenvalue weighted by Gasteiger charge is -2.10. The molecule has 3 N–H and O–H groups in total. The number of amides is 1. The summed E-state index contributed by atoms with van der Waals surface area (Å²) >= 11 is 0. The molecule has 0 aliphatic carbocycles. The van der Waals surface area contributed by atoms with Gasteiger partial charge < -0.3 is 20.0 Å². The SMILES string of the molecule is COc1ccc2cc(C(=O)NC(C)c3nc4ccccc4[nH]3)[nH]c2c1. The van der Waals surface area contributed by atoms with Crippen LogP contribution in [0.1, 0.15) is 29.3 Å². The van der Waals surface area contributed by atoms with E-state index in [0.717, 1.165) is 33.5 Å². The maximum Gasteiger partial charge on any atom is 0.268 e. The average molecular weight is 334 g/mol. The number of H-pyrrole nitrogens is 2. The first-order valence-electron chi connectivity index (χ1n) is 8.06. The van der Waals surface area contributed by atoms with Gasteiger partial charge in [-0.2, -0.15) is 0 Å². The molecule has 2 heterocycles. The number of hydrogen-bond donors (Lipinski definition) is 3. The standard InChI is InChI=1S/C19H18N4O2/c1-11(18-22-14-5-3-4-6-15(14)23-18)20-19(24)17-9-12-7-8-13(25-2)10-16(12)21-17/h3-11,21H,1-2H3,(H,20,24)(H,22,23). The first-order valence-corrected chi connectivity index (χ1v) is 8.06. The zero-order valence-electron chi connectivity index (χ0n) is 14.0. The number of fused-ring (bicyclic) bond motifs is 2. The number of aromatic amines is 2. The molecule has 0 bridgehead atoms. The summed E-state index contributed by atoms with van der Waals surface area (Å²) in [5.74, 6) is 1.30. The second-order valence-electron chi connectivity index (χ2n) is 5.97. The van der Waals surface area contributed by atoms with Crippen LogP contribution in [0.5, 0.6) is 5.75 Å². The number of carbonyl (C=O) groups excluding carboxylic acids is 1. The highest BCUT2D eigenvalue weighted by molar-refractivity contribution is 5.98. The highest BCUT2D eigenvalue weighted by Gasteiger charge is 2.16. The molecule has 0 saturated heterocycles. The Balaban J connectivity index is 1.56. The van der Waals surface area contributed by atoms with Crippen molar-refractivity contribution in [1.82, 2.24) is 20.3 Å². The zero-order chi connectivity index (χ0) is 17.4. The Morgan fingerprint density at radius 1 is 1.12 bits per heavy atom. The summed E-state index contributed by atoms with van der Waals surface area (Å²) in [6.45, 7) is 1.90. The highest BCUT2D eigenvalue weighted by Crippen LogP contribution is 2.22. The number of imidazole rings is 1. The van der Waals surface area contributed by atoms with Crippen LogP contribution in [0, 0.1) is 0 Å². The molecule has 0 saturated carbocycles. The van der Waals surface area contributed by atoms with Gasteiger partial charge in [0.15, 0.2) is 0 Å². The van der Waals surface area contributed by atoms with Crippen LogP contribution in [-0.4, -0.2) is 28.0 Å². The van der Waals surface area contributed by atoms with Crippen molar-refractivity contribution in [2.45, 2.75) is 13.0 Å². The van der Waals surface area contributed by atoms with Gasteiger partial charge in [-0.05, 0) is 37.3 Å². The Bertz CT molecular complexity index is 1030. The minimum Gasteiger partial charge on any atom is -0.497 e. The summed E-state index contributed by atoms with van der Waals surface area (Å²) < 4.78 is 5.21. The van der Waals surface area contributed by atoms with Crippen molar-refractivity contribution >= 4 is 27.8 Å². The summed E-state index contributed by atoms with van der Waals surface area (Å²) in [7, 11) is 1.62. The first kappa shape index (κ1) is 15.3. The molecule has 6 heteroatoms. The van der Waals surface area contributed by atoms with Crippen LogP contribution in [0.15, 0.2) is 48.5 Å². The second-order valence-corrected chi connectivity index (χ2v) is 5.97. The van der Waals surface area contributed by atoms with E-state index in [-0.39, 0.29) is 11.9 Å². The molecule has 4 rings (SSSR count). The van der Waals surface area contributed by atoms with Crippen molar-refractivity contribution < 1.29 is 9.53 Å². The van der Waals surface area contributed by atoms with Crippen molar-refractivity contribution in [3.8, 4) is 5.75 Å². The number of aromatic nitrogens is 3. The molecule has 1 atom stereocenters. The number of rotatable bonds is 4. The predicted octanol–water partition coefficient (Wildman–Crippen LogP) is 3.54. The molecule has 0 radical (unpaired) electrons. The third kappa shape index (κ3) is 2.82. The predicted molar refractivity (Wildman–Crippen MR) is 96.8 cm³/mol. The van der Waals surface area contributed by atoms with E-state index in [9.17, 15) is 4.79 Å². The summed E-state index contributed by atoms with van der Waals surface area (Å²) in [5, 5.41) is 3.93. The Kier molecular flexibility index (Phi) is 3.65. The van der Waals surface area contributed by atoms with Crippen LogP contribution in [0.4, 0.5) is 0 Å². The van der Waals surface area contributed by atoms with Crippen molar-refractivity contribution in [2.24, 2.45) is 0 Å². The highest BCUT2D eigenvalue weighted by atomic mass is 16.5. The molecule has 1 unspecified atom stereocenters. The average Bonchev–Trinajstić information content (AvgIpc) is 3.24. The van der Waals surface area contributed by atoms with E-state index in [1.165, 1.54) is 0 Å². The van der Waals surface area contributed by atoms with Gasteiger partial charge in [0.25, 0.3) is 5.91 Å². The summed E-state index contributed by atoms with van der Waals surface area (Å²) in [6.07, 6.45) is 0. The molecule has 1 amide bonds. The van der Waals surface area contributed by atoms with E-state index in [1.807, 2.05) is 55.5 Å². The smallest absolute Gasteiger partial charge is 0.268 e. The quantitative estimate of drug-likeness (QED) is 0.534. The third-order valence-corrected chi connectivity index (χ3v) is 4.24. The maximum absolute atomic E-state index is 12.6. The Hall–Kier alpha value is -3.28. The van der Waals surface area contributed by atoms with E-state index in [4.69, 9.17) is 4.74 Å². The summed E-state index contributed by atoms with van der Waals surface area (Å²) in [6, 6.07) is 15.0. The Labute approximate surface area is 144 Å². The number of para-hydroxylation sites is 2. The molecule has 25 heavy (non-hydrogen) atoms. The van der Waals surface area contributed by atoms with Crippen molar-refractivity contribution in [2.75, 3.05) is 7.11 Å². The molecular weight excluding hydrogens is 316 g/mol. The molecule has 2 aromatic carbocycles. The molecular formula is C19H18N4O2. The maximum atomic E-state index is 12.6. The van der Waals surface area contributed by atoms with Crippen LogP contribution in [0.3, 0.4) is 0 Å². The monoisotopic (exact) mass is 334 g/mol. The fourth-order valence-corrected chi connectivity index (χ4v) is 2.88. The van der Waals surface area contributed by atoms with Crippen LogP contribution >= 0.6 is 0 Å². The van der Waals surface area contributed by atoms with Gasteiger partial charge in [-0.15, -0.1) is 0 Å². The topological polar surface area (TPSA) is 82.8 Å². The van der Waals surface area contributed by atoms with Crippen molar-refractivity contribution in [3.05, 3.63) is 60.0 Å². The number of nitrogens with one attached hydrogen (secondary N) is 3. The fourth-order valence-electron chi connectivity index (χ4n) is 2.88. The van der Waals surface area contributed by atoms with Gasteiger partial charge >= 0.3 is 0 Å². The summed E-state index contributed by atoms with van der Waals surface area (Å²) in [5.41, 5.74) is 3.21. The number of nitrogens with zero attached hydrogens (tertiary/aromatic N) is 1. The van der Waals surface area contributed by atoms with Crippen LogP contribution in [0.25, 0.3) is 21.9 Å². The second kappa shape index (κ2) is 5.98.